The summed E-state index contributed by atoms with van der Waals surface area (Å²) >= 11 is 0. The van der Waals surface area contributed by atoms with E-state index in [0.29, 0.717) is 0 Å². The Hall–Kier alpha value is -1.02. The molecular weight excluding hydrogens is 198 g/mol. The third-order valence-electron chi connectivity index (χ3n) is 4.00. The van der Waals surface area contributed by atoms with Crippen LogP contribution in [-0.4, -0.2) is 23.8 Å². The van der Waals surface area contributed by atoms with Crippen LogP contribution >= 0.6 is 0 Å². The van der Waals surface area contributed by atoms with Crippen LogP contribution in [0.25, 0.3) is 0 Å². The number of rotatable bonds is 2. The number of fused-ring (bicyclic) bond motifs is 1. The van der Waals surface area contributed by atoms with E-state index in [-0.39, 0.29) is 0 Å². The van der Waals surface area contributed by atoms with Crippen molar-refractivity contribution in [3.8, 4) is 0 Å². The second-order valence-corrected chi connectivity index (χ2v) is 5.23. The van der Waals surface area contributed by atoms with Crippen LogP contribution in [0, 0.1) is 0 Å². The van der Waals surface area contributed by atoms with E-state index < -0.39 is 5.60 Å². The molecule has 16 heavy (non-hydrogen) atoms. The molecule has 1 heterocycles. The Morgan fingerprint density at radius 3 is 2.75 bits per heavy atom. The monoisotopic (exact) mass is 217 g/mol. The quantitative estimate of drug-likeness (QED) is 0.822. The van der Waals surface area contributed by atoms with Gasteiger partial charge in [0.15, 0.2) is 0 Å². The van der Waals surface area contributed by atoms with Crippen molar-refractivity contribution >= 4 is 5.69 Å². The summed E-state index contributed by atoms with van der Waals surface area (Å²) in [5.41, 5.74) is 2.35. The average Bonchev–Trinajstić information content (AvgIpc) is 2.87. The smallest absolute Gasteiger partial charge is 0.0821 e. The highest BCUT2D eigenvalue weighted by atomic mass is 16.3. The lowest BCUT2D eigenvalue weighted by Gasteiger charge is -2.30. The van der Waals surface area contributed by atoms with Gasteiger partial charge in [-0.15, -0.1) is 0 Å². The second-order valence-electron chi connectivity index (χ2n) is 5.23. The number of anilines is 1. The molecule has 1 aliphatic carbocycles. The maximum absolute atomic E-state index is 10.4. The lowest BCUT2D eigenvalue weighted by molar-refractivity contribution is 0.0552. The van der Waals surface area contributed by atoms with Gasteiger partial charge in [-0.1, -0.05) is 31.0 Å². The molecule has 2 nitrogen and oxygen atoms in total. The zero-order valence-corrected chi connectivity index (χ0v) is 9.65. The molecule has 0 atom stereocenters. The van der Waals surface area contributed by atoms with Gasteiger partial charge in [-0.3, -0.25) is 0 Å². The molecule has 3 rings (SSSR count). The molecule has 0 bridgehead atoms. The third kappa shape index (κ3) is 1.71. The van der Waals surface area contributed by atoms with Crippen molar-refractivity contribution in [3.63, 3.8) is 0 Å². The number of benzene rings is 1. The number of para-hydroxylation sites is 1. The number of hydrogen-bond donors (Lipinski definition) is 1. The first-order valence-corrected chi connectivity index (χ1v) is 6.32. The highest BCUT2D eigenvalue weighted by Crippen LogP contribution is 2.34. The molecule has 1 aromatic rings. The topological polar surface area (TPSA) is 23.5 Å². The van der Waals surface area contributed by atoms with Crippen LogP contribution in [0.5, 0.6) is 0 Å². The standard InChI is InChI=1S/C14H19NO/c16-14(8-3-4-9-14)11-15-10-7-12-5-1-2-6-13(12)15/h1-2,5-6,16H,3-4,7-11H2. The summed E-state index contributed by atoms with van der Waals surface area (Å²) in [6.07, 6.45) is 5.46. The first-order valence-electron chi connectivity index (χ1n) is 6.32. The molecule has 0 spiro atoms. The highest BCUT2D eigenvalue weighted by Gasteiger charge is 2.34. The van der Waals surface area contributed by atoms with Crippen LogP contribution in [0.1, 0.15) is 31.2 Å². The van der Waals surface area contributed by atoms with Crippen molar-refractivity contribution < 1.29 is 5.11 Å². The van der Waals surface area contributed by atoms with Gasteiger partial charge in [-0.25, -0.2) is 0 Å². The third-order valence-corrected chi connectivity index (χ3v) is 4.00. The van der Waals surface area contributed by atoms with Gasteiger partial charge >= 0.3 is 0 Å². The molecular formula is C14H19NO. The summed E-state index contributed by atoms with van der Waals surface area (Å²) in [6, 6.07) is 8.58. The summed E-state index contributed by atoms with van der Waals surface area (Å²) < 4.78 is 0. The SMILES string of the molecule is OC1(CN2CCc3ccccc32)CCCC1. The van der Waals surface area contributed by atoms with Crippen LogP contribution in [0.3, 0.4) is 0 Å². The molecule has 0 radical (unpaired) electrons. The molecule has 1 N–H and O–H groups in total. The van der Waals surface area contributed by atoms with Crippen molar-refractivity contribution in [1.82, 2.24) is 0 Å². The summed E-state index contributed by atoms with van der Waals surface area (Å²) in [7, 11) is 0. The summed E-state index contributed by atoms with van der Waals surface area (Å²) in [4.78, 5) is 2.36. The Bertz CT molecular complexity index is 382. The average molecular weight is 217 g/mol. The molecule has 1 fully saturated rings. The zero-order chi connectivity index (χ0) is 11.0. The van der Waals surface area contributed by atoms with E-state index in [2.05, 4.69) is 29.2 Å². The minimum absolute atomic E-state index is 0.419. The maximum Gasteiger partial charge on any atom is 0.0821 e. The molecule has 2 heteroatoms. The molecule has 0 unspecified atom stereocenters. The number of aliphatic hydroxyl groups is 1. The number of β-amino-alcohol motifs (C(OH)–C–C–N with tert-alkyl or cyclic N) is 1. The second kappa shape index (κ2) is 3.77. The van der Waals surface area contributed by atoms with E-state index in [9.17, 15) is 5.11 Å². The number of hydrogen-bond acceptors (Lipinski definition) is 2. The molecule has 0 aromatic heterocycles. The molecule has 1 aromatic carbocycles. The van der Waals surface area contributed by atoms with Gasteiger partial charge < -0.3 is 10.0 Å². The van der Waals surface area contributed by atoms with Crippen LogP contribution in [0.2, 0.25) is 0 Å². The van der Waals surface area contributed by atoms with E-state index in [1.165, 1.54) is 24.1 Å². The fraction of sp³-hybridized carbons (Fsp3) is 0.571. The fourth-order valence-electron chi connectivity index (χ4n) is 3.12. The van der Waals surface area contributed by atoms with E-state index >= 15 is 0 Å². The van der Waals surface area contributed by atoms with Gasteiger partial charge in [0.25, 0.3) is 0 Å². The Morgan fingerprint density at radius 1 is 1.19 bits per heavy atom. The largest absolute Gasteiger partial charge is 0.388 e. The molecule has 1 aliphatic heterocycles. The summed E-state index contributed by atoms with van der Waals surface area (Å²) in [5.74, 6) is 0. The van der Waals surface area contributed by atoms with Gasteiger partial charge in [0.1, 0.15) is 0 Å². The van der Waals surface area contributed by atoms with Crippen molar-refractivity contribution in [2.45, 2.75) is 37.7 Å². The Kier molecular flexibility index (Phi) is 2.40. The Labute approximate surface area is 96.9 Å². The van der Waals surface area contributed by atoms with Crippen molar-refractivity contribution in [2.24, 2.45) is 0 Å². The summed E-state index contributed by atoms with van der Waals surface area (Å²) in [5, 5.41) is 10.4. The first-order chi connectivity index (χ1) is 7.77. The first kappa shape index (κ1) is 10.2. The maximum atomic E-state index is 10.4. The van der Waals surface area contributed by atoms with Gasteiger partial charge in [0, 0.05) is 18.8 Å². The van der Waals surface area contributed by atoms with Crippen LogP contribution in [0.4, 0.5) is 5.69 Å². The molecule has 86 valence electrons. The Balaban J connectivity index is 1.78. The molecule has 0 saturated heterocycles. The summed E-state index contributed by atoms with van der Waals surface area (Å²) in [6.45, 7) is 1.89. The van der Waals surface area contributed by atoms with Crippen LogP contribution in [0.15, 0.2) is 24.3 Å². The van der Waals surface area contributed by atoms with E-state index in [1.807, 2.05) is 0 Å². The lowest BCUT2D eigenvalue weighted by atomic mass is 10.0. The van der Waals surface area contributed by atoms with Crippen LogP contribution < -0.4 is 4.90 Å². The number of nitrogens with zero attached hydrogens (tertiary/aromatic N) is 1. The predicted octanol–water partition coefficient (Wildman–Crippen LogP) is 2.35. The lowest BCUT2D eigenvalue weighted by Crippen LogP contribution is -2.40. The highest BCUT2D eigenvalue weighted by molar-refractivity contribution is 5.58. The molecule has 2 aliphatic rings. The molecule has 0 amide bonds. The molecule has 1 saturated carbocycles. The van der Waals surface area contributed by atoms with Gasteiger partial charge in [-0.05, 0) is 30.9 Å². The predicted molar refractivity (Wildman–Crippen MR) is 65.8 cm³/mol. The van der Waals surface area contributed by atoms with Gasteiger partial charge in [0.2, 0.25) is 0 Å². The normalized spacial score (nSPS) is 22.4. The fourth-order valence-corrected chi connectivity index (χ4v) is 3.12. The van der Waals surface area contributed by atoms with Gasteiger partial charge in [0.05, 0.1) is 5.60 Å². The Morgan fingerprint density at radius 2 is 1.94 bits per heavy atom. The van der Waals surface area contributed by atoms with Crippen molar-refractivity contribution in [3.05, 3.63) is 29.8 Å². The minimum atomic E-state index is -0.419. The van der Waals surface area contributed by atoms with Crippen molar-refractivity contribution in [1.29, 1.82) is 0 Å². The zero-order valence-electron chi connectivity index (χ0n) is 9.65. The van der Waals surface area contributed by atoms with Gasteiger partial charge in [-0.2, -0.15) is 0 Å². The van der Waals surface area contributed by atoms with E-state index in [0.717, 1.165) is 32.4 Å². The van der Waals surface area contributed by atoms with E-state index in [4.69, 9.17) is 0 Å². The van der Waals surface area contributed by atoms with Crippen molar-refractivity contribution in [2.75, 3.05) is 18.0 Å². The van der Waals surface area contributed by atoms with Crippen LogP contribution in [-0.2, 0) is 6.42 Å². The minimum Gasteiger partial charge on any atom is -0.388 e. The van der Waals surface area contributed by atoms with E-state index in [1.54, 1.807) is 0 Å².